The van der Waals surface area contributed by atoms with E-state index in [-0.39, 0.29) is 34.4 Å². The fourth-order valence-corrected chi connectivity index (χ4v) is 6.61. The maximum atomic E-state index is 12.5. The number of hydrogen-bond donors (Lipinski definition) is 0. The summed E-state index contributed by atoms with van der Waals surface area (Å²) >= 11 is 0. The SMILES string of the molecule is CC1(C)[C@H]2C(CO[Si](C)(C)C(C)(C)C)[C@H]3[C@@H]1OC(=O)C23CCC=O. The molecule has 2 unspecified atom stereocenters. The number of carbonyl (C=O) groups excluding carboxylic acids is 2. The van der Waals surface area contributed by atoms with Crippen molar-refractivity contribution in [1.82, 2.24) is 0 Å². The summed E-state index contributed by atoms with van der Waals surface area (Å²) in [6.45, 7) is 16.5. The molecule has 5 heteroatoms. The van der Waals surface area contributed by atoms with E-state index in [9.17, 15) is 9.59 Å². The van der Waals surface area contributed by atoms with Crippen molar-refractivity contribution in [1.29, 1.82) is 0 Å². The number of hydrogen-bond acceptors (Lipinski definition) is 4. The third-order valence-electron chi connectivity index (χ3n) is 7.63. The van der Waals surface area contributed by atoms with Crippen molar-refractivity contribution in [3.8, 4) is 0 Å². The van der Waals surface area contributed by atoms with Gasteiger partial charge in [-0.3, -0.25) is 4.79 Å². The fourth-order valence-electron chi connectivity index (χ4n) is 5.57. The second-order valence-corrected chi connectivity index (χ2v) is 14.9. The molecule has 4 rings (SSSR count). The Balaban J connectivity index is 1.80. The first-order valence-corrected chi connectivity index (χ1v) is 12.1. The van der Waals surface area contributed by atoms with E-state index in [0.717, 1.165) is 12.9 Å². The summed E-state index contributed by atoms with van der Waals surface area (Å²) in [6.07, 6.45) is 2.01. The van der Waals surface area contributed by atoms with Gasteiger partial charge in [0.05, 0.1) is 5.41 Å². The van der Waals surface area contributed by atoms with Crippen LogP contribution in [0.15, 0.2) is 0 Å². The topological polar surface area (TPSA) is 52.6 Å². The van der Waals surface area contributed by atoms with Gasteiger partial charge in [-0.15, -0.1) is 0 Å². The average molecular weight is 353 g/mol. The summed E-state index contributed by atoms with van der Waals surface area (Å²) in [5.74, 6) is 0.838. The zero-order valence-electron chi connectivity index (χ0n) is 16.1. The minimum absolute atomic E-state index is 0.00494. The zero-order chi connectivity index (χ0) is 18.1. The molecule has 0 amide bonds. The van der Waals surface area contributed by atoms with Crippen molar-refractivity contribution in [3.63, 3.8) is 0 Å². The number of carbonyl (C=O) groups is 2. The van der Waals surface area contributed by atoms with Crippen LogP contribution in [-0.2, 0) is 18.8 Å². The number of aldehydes is 1. The van der Waals surface area contributed by atoms with Crippen LogP contribution in [0.5, 0.6) is 0 Å². The molecular weight excluding hydrogens is 320 g/mol. The molecule has 3 aliphatic carbocycles. The van der Waals surface area contributed by atoms with E-state index >= 15 is 0 Å². The van der Waals surface area contributed by atoms with E-state index in [4.69, 9.17) is 9.16 Å². The Labute approximate surface area is 146 Å². The molecule has 4 fully saturated rings. The average Bonchev–Trinajstić information content (AvgIpc) is 2.86. The lowest BCUT2D eigenvalue weighted by Crippen LogP contribution is -2.58. The highest BCUT2D eigenvalue weighted by atomic mass is 28.4. The minimum Gasteiger partial charge on any atom is -0.461 e. The summed E-state index contributed by atoms with van der Waals surface area (Å²) < 4.78 is 12.2. The van der Waals surface area contributed by atoms with Gasteiger partial charge in [-0.25, -0.2) is 0 Å². The molecule has 0 N–H and O–H groups in total. The molecule has 4 bridgehead atoms. The van der Waals surface area contributed by atoms with E-state index in [1.165, 1.54) is 0 Å². The Hall–Kier alpha value is -0.683. The molecule has 3 saturated carbocycles. The highest BCUT2D eigenvalue weighted by Gasteiger charge is 2.84. The molecule has 0 aromatic heterocycles. The van der Waals surface area contributed by atoms with Crippen molar-refractivity contribution in [2.75, 3.05) is 6.61 Å². The van der Waals surface area contributed by atoms with Crippen LogP contribution in [0.2, 0.25) is 18.1 Å². The first-order chi connectivity index (χ1) is 10.9. The van der Waals surface area contributed by atoms with Crippen molar-refractivity contribution in [2.45, 2.75) is 71.7 Å². The Kier molecular flexibility index (Phi) is 3.90. The molecule has 0 aromatic rings. The molecular formula is C19H32O4Si. The smallest absolute Gasteiger partial charge is 0.313 e. The lowest BCUT2D eigenvalue weighted by atomic mass is 9.48. The van der Waals surface area contributed by atoms with Gasteiger partial charge in [0, 0.05) is 24.4 Å². The number of esters is 1. The summed E-state index contributed by atoms with van der Waals surface area (Å²) in [6, 6.07) is 0. The first kappa shape index (κ1) is 18.1. The van der Waals surface area contributed by atoms with Crippen molar-refractivity contribution in [2.24, 2.45) is 28.6 Å². The van der Waals surface area contributed by atoms with Gasteiger partial charge in [0.15, 0.2) is 8.32 Å². The van der Waals surface area contributed by atoms with E-state index in [1.807, 2.05) is 0 Å². The normalized spacial score (nSPS) is 39.5. The predicted octanol–water partition coefficient (Wildman–Crippen LogP) is 3.80. The number of rotatable bonds is 6. The summed E-state index contributed by atoms with van der Waals surface area (Å²) in [5.41, 5.74) is -0.431. The second-order valence-electron chi connectivity index (χ2n) is 10.1. The molecule has 1 saturated heterocycles. The summed E-state index contributed by atoms with van der Waals surface area (Å²) in [4.78, 5) is 23.4. The standard InChI is InChI=1S/C19H32O4Si/c1-17(2,3)24(6,7)22-11-12-13-15-18(4,5)14(12)19(13,9-8-10-20)16(21)23-15/h10,12-15H,8-9,11H2,1-7H3/t12?,13-,14+,15-,19?/m0/s1. The van der Waals surface area contributed by atoms with Crippen molar-refractivity contribution < 1.29 is 18.8 Å². The van der Waals surface area contributed by atoms with Crippen LogP contribution in [0.1, 0.15) is 47.5 Å². The third-order valence-corrected chi connectivity index (χ3v) is 12.1. The molecule has 4 nitrogen and oxygen atoms in total. The fraction of sp³-hybridized carbons (Fsp3) is 0.895. The molecule has 1 heterocycles. The van der Waals surface area contributed by atoms with Crippen LogP contribution in [0.25, 0.3) is 0 Å². The quantitative estimate of drug-likeness (QED) is 0.414. The van der Waals surface area contributed by atoms with Gasteiger partial charge in [0.2, 0.25) is 0 Å². The third kappa shape index (κ3) is 2.06. The van der Waals surface area contributed by atoms with Crippen molar-refractivity contribution >= 4 is 20.6 Å². The highest BCUT2D eigenvalue weighted by Crippen LogP contribution is 2.78. The zero-order valence-corrected chi connectivity index (χ0v) is 17.1. The molecule has 1 aliphatic heterocycles. The molecule has 4 aliphatic rings. The van der Waals surface area contributed by atoms with Gasteiger partial charge < -0.3 is 14.0 Å². The summed E-state index contributed by atoms with van der Waals surface area (Å²) in [5, 5.41) is 0.186. The molecule has 0 radical (unpaired) electrons. The molecule has 0 spiro atoms. The highest BCUT2D eigenvalue weighted by molar-refractivity contribution is 6.74. The Morgan fingerprint density at radius 1 is 1.29 bits per heavy atom. The van der Waals surface area contributed by atoms with Gasteiger partial charge >= 0.3 is 5.97 Å². The van der Waals surface area contributed by atoms with Crippen molar-refractivity contribution in [3.05, 3.63) is 0 Å². The van der Waals surface area contributed by atoms with Gasteiger partial charge in [-0.1, -0.05) is 34.6 Å². The molecule has 0 aromatic carbocycles. The van der Waals surface area contributed by atoms with E-state index in [2.05, 4.69) is 47.7 Å². The molecule has 136 valence electrons. The van der Waals surface area contributed by atoms with E-state index in [1.54, 1.807) is 0 Å². The van der Waals surface area contributed by atoms with Crippen LogP contribution in [0, 0.1) is 28.6 Å². The van der Waals surface area contributed by atoms with E-state index < -0.39 is 13.7 Å². The van der Waals surface area contributed by atoms with Gasteiger partial charge in [-0.05, 0) is 36.4 Å². The predicted molar refractivity (Wildman–Crippen MR) is 95.0 cm³/mol. The minimum atomic E-state index is -1.80. The van der Waals surface area contributed by atoms with Gasteiger partial charge in [-0.2, -0.15) is 0 Å². The Morgan fingerprint density at radius 2 is 1.92 bits per heavy atom. The summed E-state index contributed by atoms with van der Waals surface area (Å²) in [7, 11) is -1.80. The second kappa shape index (κ2) is 5.16. The maximum Gasteiger partial charge on any atom is 0.313 e. The van der Waals surface area contributed by atoms with Crippen LogP contribution in [-0.4, -0.2) is 33.3 Å². The largest absolute Gasteiger partial charge is 0.461 e. The molecule has 24 heavy (non-hydrogen) atoms. The van der Waals surface area contributed by atoms with Crippen LogP contribution in [0.4, 0.5) is 0 Å². The van der Waals surface area contributed by atoms with Gasteiger partial charge in [0.25, 0.3) is 0 Å². The first-order valence-electron chi connectivity index (χ1n) is 9.20. The lowest BCUT2D eigenvalue weighted by molar-refractivity contribution is -0.181. The van der Waals surface area contributed by atoms with Gasteiger partial charge in [0.1, 0.15) is 12.4 Å². The number of ether oxygens (including phenoxy) is 1. The Morgan fingerprint density at radius 3 is 2.42 bits per heavy atom. The van der Waals surface area contributed by atoms with Crippen LogP contribution >= 0.6 is 0 Å². The monoisotopic (exact) mass is 352 g/mol. The lowest BCUT2D eigenvalue weighted by Gasteiger charge is -2.54. The van der Waals surface area contributed by atoms with E-state index in [0.29, 0.717) is 18.8 Å². The maximum absolute atomic E-state index is 12.5. The molecule has 5 atom stereocenters. The van der Waals surface area contributed by atoms with Crippen LogP contribution in [0.3, 0.4) is 0 Å². The Bertz CT molecular complexity index is 562. The van der Waals surface area contributed by atoms with Crippen LogP contribution < -0.4 is 0 Å².